The van der Waals surface area contributed by atoms with E-state index in [1.165, 1.54) is 0 Å². The third kappa shape index (κ3) is 2.80. The number of rotatable bonds is 3. The quantitative estimate of drug-likeness (QED) is 0.793. The number of anilines is 2. The summed E-state index contributed by atoms with van der Waals surface area (Å²) in [7, 11) is 0. The Morgan fingerprint density at radius 2 is 2.25 bits per heavy atom. The van der Waals surface area contributed by atoms with Gasteiger partial charge in [-0.3, -0.25) is 4.98 Å². The van der Waals surface area contributed by atoms with Crippen molar-refractivity contribution in [2.24, 2.45) is 0 Å². The molecule has 0 aliphatic heterocycles. The summed E-state index contributed by atoms with van der Waals surface area (Å²) in [6.07, 6.45) is 3.50. The lowest BCUT2D eigenvalue weighted by atomic mass is 10.3. The molecule has 0 aliphatic rings. The highest BCUT2D eigenvalue weighted by Crippen LogP contribution is 2.13. The van der Waals surface area contributed by atoms with E-state index in [9.17, 15) is 0 Å². The average molecular weight is 236 g/mol. The highest BCUT2D eigenvalue weighted by atomic mass is 35.5. The fourth-order valence-corrected chi connectivity index (χ4v) is 1.41. The molecule has 2 aromatic rings. The molecular formula is C10H10ClN5. The van der Waals surface area contributed by atoms with Crippen molar-refractivity contribution in [2.75, 3.05) is 11.1 Å². The van der Waals surface area contributed by atoms with Crippen LogP contribution in [0.15, 0.2) is 30.6 Å². The zero-order chi connectivity index (χ0) is 11.4. The van der Waals surface area contributed by atoms with Gasteiger partial charge in [-0.15, -0.1) is 0 Å². The number of aromatic nitrogens is 3. The summed E-state index contributed by atoms with van der Waals surface area (Å²) < 4.78 is 0. The molecule has 2 aromatic heterocycles. The van der Waals surface area contributed by atoms with Crippen LogP contribution in [-0.4, -0.2) is 15.0 Å². The van der Waals surface area contributed by atoms with Crippen molar-refractivity contribution < 1.29 is 0 Å². The lowest BCUT2D eigenvalue weighted by Gasteiger charge is -2.05. The summed E-state index contributed by atoms with van der Waals surface area (Å²) >= 11 is 5.75. The van der Waals surface area contributed by atoms with Crippen molar-refractivity contribution in [2.45, 2.75) is 6.54 Å². The molecule has 6 heteroatoms. The molecular weight excluding hydrogens is 226 g/mol. The summed E-state index contributed by atoms with van der Waals surface area (Å²) in [4.78, 5) is 11.8. The fraction of sp³-hybridized carbons (Fsp3) is 0.100. The minimum Gasteiger partial charge on any atom is -0.368 e. The highest BCUT2D eigenvalue weighted by Gasteiger charge is 2.00. The molecule has 0 saturated heterocycles. The lowest BCUT2D eigenvalue weighted by molar-refractivity contribution is 1.07. The van der Waals surface area contributed by atoms with E-state index in [0.717, 1.165) is 5.56 Å². The van der Waals surface area contributed by atoms with Crippen LogP contribution < -0.4 is 11.1 Å². The van der Waals surface area contributed by atoms with E-state index >= 15 is 0 Å². The highest BCUT2D eigenvalue weighted by molar-refractivity contribution is 6.29. The summed E-state index contributed by atoms with van der Waals surface area (Å²) in [5.74, 6) is 0.752. The monoisotopic (exact) mass is 235 g/mol. The maximum atomic E-state index is 5.75. The summed E-state index contributed by atoms with van der Waals surface area (Å²) in [6.45, 7) is 0.612. The molecule has 0 radical (unpaired) electrons. The van der Waals surface area contributed by atoms with Crippen molar-refractivity contribution >= 4 is 23.4 Å². The number of nitrogens with two attached hydrogens (primary N) is 1. The van der Waals surface area contributed by atoms with Gasteiger partial charge in [-0.2, -0.15) is 4.98 Å². The first-order valence-electron chi connectivity index (χ1n) is 4.67. The lowest BCUT2D eigenvalue weighted by Crippen LogP contribution is -2.04. The van der Waals surface area contributed by atoms with Crippen LogP contribution in [0.3, 0.4) is 0 Å². The second kappa shape index (κ2) is 4.76. The van der Waals surface area contributed by atoms with Crippen molar-refractivity contribution in [3.63, 3.8) is 0 Å². The molecule has 0 bridgehead atoms. The summed E-state index contributed by atoms with van der Waals surface area (Å²) in [5, 5.41) is 3.41. The molecule has 2 rings (SSSR count). The van der Waals surface area contributed by atoms with E-state index in [2.05, 4.69) is 20.3 Å². The van der Waals surface area contributed by atoms with Gasteiger partial charge in [0, 0.05) is 25.0 Å². The first-order valence-corrected chi connectivity index (χ1v) is 5.04. The van der Waals surface area contributed by atoms with Crippen LogP contribution in [0.4, 0.5) is 11.8 Å². The van der Waals surface area contributed by atoms with Crippen molar-refractivity contribution in [1.82, 2.24) is 15.0 Å². The van der Waals surface area contributed by atoms with Crippen LogP contribution >= 0.6 is 11.6 Å². The minimum atomic E-state index is 0.154. The Morgan fingerprint density at radius 3 is 2.94 bits per heavy atom. The van der Waals surface area contributed by atoms with Crippen LogP contribution in [-0.2, 0) is 6.54 Å². The number of hydrogen-bond donors (Lipinski definition) is 2. The Morgan fingerprint density at radius 1 is 1.38 bits per heavy atom. The molecule has 0 saturated carbocycles. The van der Waals surface area contributed by atoms with Gasteiger partial charge in [0.25, 0.3) is 0 Å². The van der Waals surface area contributed by atoms with Crippen molar-refractivity contribution in [1.29, 1.82) is 0 Å². The molecule has 5 nitrogen and oxygen atoms in total. The Hall–Kier alpha value is -1.88. The first kappa shape index (κ1) is 10.6. The number of nitrogens with zero attached hydrogens (tertiary/aromatic N) is 3. The predicted molar refractivity (Wildman–Crippen MR) is 63.0 cm³/mol. The zero-order valence-electron chi connectivity index (χ0n) is 8.39. The Balaban J connectivity index is 2.05. The zero-order valence-corrected chi connectivity index (χ0v) is 9.15. The fourth-order valence-electron chi connectivity index (χ4n) is 1.22. The normalized spacial score (nSPS) is 10.1. The number of nitrogen functional groups attached to an aromatic ring is 1. The van der Waals surface area contributed by atoms with E-state index in [-0.39, 0.29) is 5.95 Å². The van der Waals surface area contributed by atoms with Gasteiger partial charge in [-0.05, 0) is 11.6 Å². The molecule has 2 heterocycles. The molecule has 0 fully saturated rings. The van der Waals surface area contributed by atoms with E-state index in [1.54, 1.807) is 18.5 Å². The number of pyridine rings is 1. The Kier molecular flexibility index (Phi) is 3.16. The van der Waals surface area contributed by atoms with Crippen LogP contribution in [0.25, 0.3) is 0 Å². The van der Waals surface area contributed by atoms with Crippen molar-refractivity contribution in [3.05, 3.63) is 41.3 Å². The Bertz CT molecular complexity index is 454. The van der Waals surface area contributed by atoms with Gasteiger partial charge in [0.15, 0.2) is 0 Å². The third-order valence-electron chi connectivity index (χ3n) is 1.91. The number of nitrogens with one attached hydrogen (secondary N) is 1. The molecule has 16 heavy (non-hydrogen) atoms. The van der Waals surface area contributed by atoms with Gasteiger partial charge >= 0.3 is 0 Å². The van der Waals surface area contributed by atoms with Gasteiger partial charge in [0.05, 0.1) is 0 Å². The molecule has 0 amide bonds. The van der Waals surface area contributed by atoms with Gasteiger partial charge < -0.3 is 11.1 Å². The number of hydrogen-bond acceptors (Lipinski definition) is 5. The van der Waals surface area contributed by atoms with Gasteiger partial charge in [-0.1, -0.05) is 17.7 Å². The molecule has 3 N–H and O–H groups in total. The smallest absolute Gasteiger partial charge is 0.223 e. The van der Waals surface area contributed by atoms with Crippen LogP contribution in [0.2, 0.25) is 5.15 Å². The molecule has 0 atom stereocenters. The van der Waals surface area contributed by atoms with Crippen LogP contribution in [0.5, 0.6) is 0 Å². The predicted octanol–water partition coefficient (Wildman–Crippen LogP) is 1.72. The second-order valence-electron chi connectivity index (χ2n) is 3.15. The standard InChI is InChI=1S/C10H10ClN5/c11-8-4-9(16-10(12)15-8)14-6-7-2-1-3-13-5-7/h1-5H,6H2,(H3,12,14,15,16). The topological polar surface area (TPSA) is 76.7 Å². The summed E-state index contributed by atoms with van der Waals surface area (Å²) in [5.41, 5.74) is 6.52. The SMILES string of the molecule is Nc1nc(Cl)cc(NCc2cccnc2)n1. The molecule has 0 aromatic carbocycles. The molecule has 0 unspecified atom stereocenters. The average Bonchev–Trinajstić information content (AvgIpc) is 2.27. The molecule has 0 aliphatic carbocycles. The van der Waals surface area contributed by atoms with Crippen LogP contribution in [0, 0.1) is 0 Å². The van der Waals surface area contributed by atoms with Gasteiger partial charge in [0.1, 0.15) is 11.0 Å². The largest absolute Gasteiger partial charge is 0.368 e. The maximum absolute atomic E-state index is 5.75. The van der Waals surface area contributed by atoms with E-state index in [1.807, 2.05) is 12.1 Å². The maximum Gasteiger partial charge on any atom is 0.223 e. The molecule has 0 spiro atoms. The Labute approximate surface area is 97.7 Å². The van der Waals surface area contributed by atoms with E-state index < -0.39 is 0 Å². The first-order chi connectivity index (χ1) is 7.74. The number of halogens is 1. The van der Waals surface area contributed by atoms with Crippen molar-refractivity contribution in [3.8, 4) is 0 Å². The third-order valence-corrected chi connectivity index (χ3v) is 2.10. The minimum absolute atomic E-state index is 0.154. The van der Waals surface area contributed by atoms with E-state index in [0.29, 0.717) is 17.5 Å². The van der Waals surface area contributed by atoms with Crippen LogP contribution in [0.1, 0.15) is 5.56 Å². The summed E-state index contributed by atoms with van der Waals surface area (Å²) in [6, 6.07) is 5.46. The molecule has 82 valence electrons. The second-order valence-corrected chi connectivity index (χ2v) is 3.54. The van der Waals surface area contributed by atoms with Gasteiger partial charge in [-0.25, -0.2) is 4.98 Å². The van der Waals surface area contributed by atoms with Gasteiger partial charge in [0.2, 0.25) is 5.95 Å². The van der Waals surface area contributed by atoms with E-state index in [4.69, 9.17) is 17.3 Å².